The summed E-state index contributed by atoms with van der Waals surface area (Å²) in [7, 11) is 1.66. The molecule has 0 aromatic rings. The lowest BCUT2D eigenvalue weighted by molar-refractivity contribution is -0.156. The van der Waals surface area contributed by atoms with Crippen molar-refractivity contribution in [3.8, 4) is 0 Å². The Hall–Kier alpha value is -1.82. The molecule has 17 heteroatoms. The molecule has 17 nitrogen and oxygen atoms in total. The lowest BCUT2D eigenvalue weighted by Crippen LogP contribution is -2.51. The Balaban J connectivity index is -0.000000369. The molecule has 0 aliphatic carbocycles. The van der Waals surface area contributed by atoms with Crippen LogP contribution in [0.25, 0.3) is 20.9 Å². The smallest absolute Gasteiger partial charge is 0.113 e. The van der Waals surface area contributed by atoms with E-state index in [2.05, 4.69) is 20.1 Å². The van der Waals surface area contributed by atoms with Crippen LogP contribution in [0.5, 0.6) is 0 Å². The first-order valence-corrected chi connectivity index (χ1v) is 14.6. The van der Waals surface area contributed by atoms with Crippen LogP contribution < -0.4 is 0 Å². The van der Waals surface area contributed by atoms with Gasteiger partial charge in [-0.25, -0.2) is 0 Å². The Morgan fingerprint density at radius 1 is 0.500 bits per heavy atom. The minimum atomic E-state index is -1.31. The van der Waals surface area contributed by atoms with E-state index in [9.17, 15) is 10.2 Å². The summed E-state index contributed by atoms with van der Waals surface area (Å²) >= 11 is 0. The summed E-state index contributed by atoms with van der Waals surface area (Å²) < 4.78 is 47.5. The number of nitrogens with zero attached hydrogens (tertiary/aromatic N) is 6. The maximum absolute atomic E-state index is 9.97. The van der Waals surface area contributed by atoms with Crippen LogP contribution in [0.1, 0.15) is 49.5 Å². The summed E-state index contributed by atoms with van der Waals surface area (Å²) in [5, 5.41) is 26.4. The summed E-state index contributed by atoms with van der Waals surface area (Å²) in [6, 6.07) is 0. The number of rotatable bonds is 30. The summed E-state index contributed by atoms with van der Waals surface area (Å²) in [4.78, 5) is 5.23. The first-order chi connectivity index (χ1) is 20.9. The van der Waals surface area contributed by atoms with Gasteiger partial charge in [0.2, 0.25) is 0 Å². The van der Waals surface area contributed by atoms with Gasteiger partial charge >= 0.3 is 0 Å². The molecule has 0 fully saturated rings. The van der Waals surface area contributed by atoms with Crippen molar-refractivity contribution in [3.05, 3.63) is 20.9 Å². The fourth-order valence-electron chi connectivity index (χ4n) is 2.44. The molecule has 0 saturated carbocycles. The molecular formula is C29H64N6O11. The highest BCUT2D eigenvalue weighted by molar-refractivity contribution is 4.89. The van der Waals surface area contributed by atoms with Gasteiger partial charge in [0, 0.05) is 30.0 Å². The molecule has 0 bridgehead atoms. The zero-order valence-electron chi connectivity index (χ0n) is 27.5. The maximum atomic E-state index is 9.97. The second-order valence-electron chi connectivity index (χ2n) is 10.5. The van der Waals surface area contributed by atoms with Crippen molar-refractivity contribution >= 4 is 0 Å². The van der Waals surface area contributed by atoms with Crippen molar-refractivity contribution in [2.75, 3.05) is 126 Å². The fraction of sp³-hybridized carbons (Fsp3) is 1.00. The standard InChI is InChI=1S/C14H29N3O6.C13H27N3O5.2CH4/c1-13(2,18)14(3,19)12-23-11-10-22-9-8-21-7-6-20-5-4-16-17-15;1-13(2,17-3)12-21-11-10-20-9-8-19-7-6-18-5-4-15-16-14;;/h18-19H,4-12H2,1-3H3;4-12H2,1-3H3;2*1H4. The van der Waals surface area contributed by atoms with Crippen LogP contribution in [0, 0.1) is 0 Å². The van der Waals surface area contributed by atoms with Crippen molar-refractivity contribution in [3.63, 3.8) is 0 Å². The van der Waals surface area contributed by atoms with Crippen molar-refractivity contribution in [2.45, 2.75) is 66.3 Å². The Morgan fingerprint density at radius 2 is 0.783 bits per heavy atom. The highest BCUT2D eigenvalue weighted by Gasteiger charge is 2.37. The molecule has 0 aromatic carbocycles. The van der Waals surface area contributed by atoms with Crippen molar-refractivity contribution in [1.82, 2.24) is 0 Å². The molecule has 0 radical (unpaired) electrons. The summed E-state index contributed by atoms with van der Waals surface area (Å²) in [5.41, 5.74) is 13.3. The van der Waals surface area contributed by atoms with Gasteiger partial charge < -0.3 is 52.8 Å². The van der Waals surface area contributed by atoms with E-state index in [0.717, 1.165) is 0 Å². The van der Waals surface area contributed by atoms with Gasteiger partial charge in [-0.2, -0.15) is 0 Å². The quantitative estimate of drug-likeness (QED) is 0.0481. The lowest BCUT2D eigenvalue weighted by Gasteiger charge is -2.35. The Bertz CT molecular complexity index is 746. The number of hydrogen-bond acceptors (Lipinski definition) is 13. The Kier molecular flexibility index (Phi) is 38.3. The van der Waals surface area contributed by atoms with Crippen molar-refractivity contribution in [1.29, 1.82) is 0 Å². The van der Waals surface area contributed by atoms with E-state index in [-0.39, 0.29) is 27.1 Å². The van der Waals surface area contributed by atoms with E-state index < -0.39 is 11.2 Å². The monoisotopic (exact) mass is 672 g/mol. The van der Waals surface area contributed by atoms with Gasteiger partial charge in [-0.3, -0.25) is 0 Å². The van der Waals surface area contributed by atoms with E-state index in [0.29, 0.717) is 112 Å². The van der Waals surface area contributed by atoms with E-state index in [4.69, 9.17) is 53.7 Å². The van der Waals surface area contributed by atoms with Crippen LogP contribution in [0.4, 0.5) is 0 Å². The third-order valence-electron chi connectivity index (χ3n) is 5.73. The van der Waals surface area contributed by atoms with Gasteiger partial charge in [-0.1, -0.05) is 25.1 Å². The molecule has 1 unspecified atom stereocenters. The van der Waals surface area contributed by atoms with E-state index in [1.807, 2.05) is 13.8 Å². The van der Waals surface area contributed by atoms with Crippen molar-refractivity contribution < 1.29 is 52.8 Å². The van der Waals surface area contributed by atoms with Crippen LogP contribution in [-0.4, -0.2) is 153 Å². The molecule has 0 aromatic heterocycles. The molecule has 0 amide bonds. The molecule has 0 aliphatic heterocycles. The molecule has 0 aliphatic rings. The average molecular weight is 673 g/mol. The predicted octanol–water partition coefficient (Wildman–Crippen LogP) is 3.95. The van der Waals surface area contributed by atoms with Gasteiger partial charge in [0.1, 0.15) is 5.60 Å². The molecule has 46 heavy (non-hydrogen) atoms. The zero-order valence-corrected chi connectivity index (χ0v) is 27.5. The molecule has 0 spiro atoms. The van der Waals surface area contributed by atoms with Crippen molar-refractivity contribution in [2.24, 2.45) is 10.2 Å². The highest BCUT2D eigenvalue weighted by Crippen LogP contribution is 2.21. The summed E-state index contributed by atoms with van der Waals surface area (Å²) in [6.45, 7) is 16.1. The molecule has 0 saturated heterocycles. The molecule has 276 valence electrons. The number of methoxy groups -OCH3 is 1. The van der Waals surface area contributed by atoms with Crippen LogP contribution in [0.2, 0.25) is 0 Å². The number of hydrogen-bond donors (Lipinski definition) is 2. The average Bonchev–Trinajstić information content (AvgIpc) is 2.97. The second-order valence-corrected chi connectivity index (χ2v) is 10.5. The van der Waals surface area contributed by atoms with Gasteiger partial charge in [-0.15, -0.1) is 0 Å². The number of azide groups is 2. The van der Waals surface area contributed by atoms with Gasteiger partial charge in [-0.05, 0) is 45.7 Å². The predicted molar refractivity (Wildman–Crippen MR) is 176 cm³/mol. The SMILES string of the molecule is C.C.CC(C)(O)C(C)(O)COCCOCCOCCOCCN=[N+]=[N-].COC(C)(C)COCCOCCOCCOCCN=[N+]=[N-]. The fourth-order valence-corrected chi connectivity index (χ4v) is 2.44. The van der Waals surface area contributed by atoms with E-state index >= 15 is 0 Å². The minimum Gasteiger partial charge on any atom is -0.387 e. The van der Waals surface area contributed by atoms with Crippen LogP contribution in [-0.2, 0) is 42.6 Å². The summed E-state index contributed by atoms with van der Waals surface area (Å²) in [6.07, 6.45) is 0. The zero-order chi connectivity index (χ0) is 33.4. The molecule has 2 N–H and O–H groups in total. The largest absolute Gasteiger partial charge is 0.387 e. The Labute approximate surface area is 276 Å². The second kappa shape index (κ2) is 34.5. The third kappa shape index (κ3) is 36.6. The van der Waals surface area contributed by atoms with Crippen LogP contribution >= 0.6 is 0 Å². The van der Waals surface area contributed by atoms with Crippen LogP contribution in [0.3, 0.4) is 0 Å². The topological polar surface area (TPSA) is 221 Å². The maximum Gasteiger partial charge on any atom is 0.113 e. The summed E-state index contributed by atoms with van der Waals surface area (Å²) in [5.74, 6) is 0. The number of ether oxygens (including phenoxy) is 9. The molecule has 0 rings (SSSR count). The molecule has 0 heterocycles. The lowest BCUT2D eigenvalue weighted by atomic mass is 9.89. The van der Waals surface area contributed by atoms with Crippen LogP contribution in [0.15, 0.2) is 10.2 Å². The molecule has 1 atom stereocenters. The third-order valence-corrected chi connectivity index (χ3v) is 5.73. The van der Waals surface area contributed by atoms with Gasteiger partial charge in [0.05, 0.1) is 117 Å². The first-order valence-electron chi connectivity index (χ1n) is 14.6. The van der Waals surface area contributed by atoms with Gasteiger partial charge in [0.15, 0.2) is 0 Å². The highest BCUT2D eigenvalue weighted by atomic mass is 16.6. The molecular weight excluding hydrogens is 608 g/mol. The van der Waals surface area contributed by atoms with E-state index in [1.165, 1.54) is 20.8 Å². The first kappa shape index (κ1) is 51.0. The number of aliphatic hydroxyl groups is 2. The normalized spacial score (nSPS) is 12.3. The Morgan fingerprint density at radius 3 is 1.07 bits per heavy atom. The van der Waals surface area contributed by atoms with Gasteiger partial charge in [0.25, 0.3) is 0 Å². The van der Waals surface area contributed by atoms with E-state index in [1.54, 1.807) is 7.11 Å². The minimum absolute atomic E-state index is 0.